The highest BCUT2D eigenvalue weighted by molar-refractivity contribution is 6.05. The fraction of sp³-hybridized carbons (Fsp3) is 0.345. The first kappa shape index (κ1) is 39.0. The predicted molar refractivity (Wildman–Crippen MR) is 155 cm³/mol. The third-order valence-corrected chi connectivity index (χ3v) is 6.35. The number of carboxylic acids is 2. The number of anilines is 1. The molecule has 0 radical (unpaired) electrons. The summed E-state index contributed by atoms with van der Waals surface area (Å²) in [6.45, 7) is 1.43. The van der Waals surface area contributed by atoms with Crippen molar-refractivity contribution in [1.82, 2.24) is 20.0 Å². The van der Waals surface area contributed by atoms with E-state index in [1.807, 2.05) is 25.1 Å². The number of benzene rings is 2. The molecule has 0 spiro atoms. The average molecular weight is 694 g/mol. The van der Waals surface area contributed by atoms with Crippen LogP contribution in [0.3, 0.4) is 0 Å². The Morgan fingerprint density at radius 3 is 2.06 bits per heavy atom. The fourth-order valence-electron chi connectivity index (χ4n) is 3.84. The number of hydrogen-bond donors (Lipinski definition) is 4. The maximum atomic E-state index is 13.6. The number of alkyl halides is 6. The number of aromatic nitrogens is 2. The van der Waals surface area contributed by atoms with Crippen LogP contribution in [-0.2, 0) is 20.8 Å². The van der Waals surface area contributed by atoms with Crippen LogP contribution in [0.25, 0.3) is 11.1 Å². The quantitative estimate of drug-likeness (QED) is 0.264. The normalized spacial score (nSPS) is 13.9. The van der Waals surface area contributed by atoms with E-state index in [-0.39, 0.29) is 24.2 Å². The fourth-order valence-corrected chi connectivity index (χ4v) is 3.84. The van der Waals surface area contributed by atoms with E-state index in [0.717, 1.165) is 11.1 Å². The number of fused-ring (bicyclic) bond motifs is 1. The number of H-pyrrole nitrogens is 1. The standard InChI is InChI=1S/C25H28FN5O3.2C2HF3O2/c1-30(2)8-9-31(3)25(33)21-12-16(19-13-27-28-14-19)4-6-22(21)29-24(32)18-10-17-11-20(26)5-7-23(17)34-15-18;2*3-2(4,5)1(6)7/h4-7,11-14,18H,8-10,15H2,1-3H3,(H,27,28)(H,29,32);2*(H,6,7). The second kappa shape index (κ2) is 16.6. The van der Waals surface area contributed by atoms with E-state index in [2.05, 4.69) is 15.5 Å². The second-order valence-corrected chi connectivity index (χ2v) is 10.3. The smallest absolute Gasteiger partial charge is 0.490 e. The Kier molecular flexibility index (Phi) is 13.5. The van der Waals surface area contributed by atoms with Crippen LogP contribution in [0.1, 0.15) is 15.9 Å². The Morgan fingerprint density at radius 2 is 1.54 bits per heavy atom. The van der Waals surface area contributed by atoms with Crippen molar-refractivity contribution in [1.29, 1.82) is 0 Å². The number of aromatic amines is 1. The zero-order valence-electron chi connectivity index (χ0n) is 25.4. The molecule has 48 heavy (non-hydrogen) atoms. The van der Waals surface area contributed by atoms with Gasteiger partial charge >= 0.3 is 24.3 Å². The van der Waals surface area contributed by atoms with E-state index < -0.39 is 30.2 Å². The molecule has 1 aliphatic rings. The third-order valence-electron chi connectivity index (χ3n) is 6.35. The van der Waals surface area contributed by atoms with Gasteiger partial charge in [-0.3, -0.25) is 14.7 Å². The molecule has 0 aliphatic carbocycles. The van der Waals surface area contributed by atoms with Gasteiger partial charge in [0.15, 0.2) is 0 Å². The summed E-state index contributed by atoms with van der Waals surface area (Å²) < 4.78 is 82.8. The van der Waals surface area contributed by atoms with Crippen LogP contribution in [0.2, 0.25) is 0 Å². The summed E-state index contributed by atoms with van der Waals surface area (Å²) in [7, 11) is 5.63. The number of rotatable bonds is 7. The summed E-state index contributed by atoms with van der Waals surface area (Å²) in [5, 5.41) is 23.9. The number of carboxylic acid groups (broad SMARTS) is 2. The molecule has 262 valence electrons. The van der Waals surface area contributed by atoms with Crippen LogP contribution in [0.4, 0.5) is 36.4 Å². The number of nitrogens with zero attached hydrogens (tertiary/aromatic N) is 3. The van der Waals surface area contributed by atoms with Crippen molar-refractivity contribution < 1.29 is 64.9 Å². The van der Waals surface area contributed by atoms with Crippen molar-refractivity contribution in [2.45, 2.75) is 18.8 Å². The second-order valence-electron chi connectivity index (χ2n) is 10.3. The van der Waals surface area contributed by atoms with E-state index in [9.17, 15) is 40.3 Å². The Morgan fingerprint density at radius 1 is 0.938 bits per heavy atom. The first-order valence-electron chi connectivity index (χ1n) is 13.6. The maximum Gasteiger partial charge on any atom is 0.490 e. The summed E-state index contributed by atoms with van der Waals surface area (Å²) >= 11 is 0. The lowest BCUT2D eigenvalue weighted by molar-refractivity contribution is -0.193. The first-order valence-corrected chi connectivity index (χ1v) is 13.6. The van der Waals surface area contributed by atoms with E-state index in [1.54, 1.807) is 42.5 Å². The molecular formula is C29H30F7N5O7. The van der Waals surface area contributed by atoms with Gasteiger partial charge in [0.05, 0.1) is 23.4 Å². The van der Waals surface area contributed by atoms with E-state index >= 15 is 0 Å². The number of amides is 2. The Labute approximate surface area is 268 Å². The zero-order chi connectivity index (χ0) is 36.4. The number of halogens is 7. The SMILES string of the molecule is CN(C)CCN(C)C(=O)c1cc(-c2cn[nH]c2)ccc1NC(=O)C1COc2ccc(F)cc2C1.O=C(O)C(F)(F)F.O=C(O)C(F)(F)F. The predicted octanol–water partition coefficient (Wildman–Crippen LogP) is 4.31. The highest BCUT2D eigenvalue weighted by Gasteiger charge is 2.39. The van der Waals surface area contributed by atoms with Crippen molar-refractivity contribution in [2.24, 2.45) is 5.92 Å². The molecule has 2 heterocycles. The molecule has 3 aromatic rings. The average Bonchev–Trinajstić information content (AvgIpc) is 3.54. The van der Waals surface area contributed by atoms with E-state index in [0.29, 0.717) is 42.1 Å². The van der Waals surface area contributed by atoms with E-state index in [1.165, 1.54) is 12.1 Å². The lowest BCUT2D eigenvalue weighted by atomic mass is 9.95. The number of aliphatic carboxylic acids is 2. The molecule has 2 amide bonds. The molecule has 0 fully saturated rings. The number of carbonyl (C=O) groups excluding carboxylic acids is 2. The summed E-state index contributed by atoms with van der Waals surface area (Å²) in [5.41, 5.74) is 3.10. The topological polar surface area (TPSA) is 165 Å². The van der Waals surface area contributed by atoms with Gasteiger partial charge in [-0.2, -0.15) is 31.4 Å². The highest BCUT2D eigenvalue weighted by Crippen LogP contribution is 2.30. The van der Waals surface area contributed by atoms with Crippen LogP contribution in [0.5, 0.6) is 5.75 Å². The molecule has 0 saturated heterocycles. The van der Waals surface area contributed by atoms with Gasteiger partial charge in [-0.1, -0.05) is 6.07 Å². The number of hydrogen-bond acceptors (Lipinski definition) is 7. The van der Waals surface area contributed by atoms with Crippen LogP contribution in [0.15, 0.2) is 48.8 Å². The number of ether oxygens (including phenoxy) is 1. The van der Waals surface area contributed by atoms with Crippen molar-refractivity contribution in [3.63, 3.8) is 0 Å². The number of nitrogens with one attached hydrogen (secondary N) is 2. The van der Waals surface area contributed by atoms with Gasteiger partial charge in [0.1, 0.15) is 18.2 Å². The van der Waals surface area contributed by atoms with Crippen molar-refractivity contribution in [2.75, 3.05) is 46.2 Å². The molecule has 1 aliphatic heterocycles. The van der Waals surface area contributed by atoms with E-state index in [4.69, 9.17) is 24.5 Å². The molecule has 4 N–H and O–H groups in total. The van der Waals surface area contributed by atoms with Crippen LogP contribution in [0, 0.1) is 11.7 Å². The molecule has 0 saturated carbocycles. The van der Waals surface area contributed by atoms with Gasteiger partial charge in [0, 0.05) is 31.9 Å². The Hall–Kier alpha value is -5.20. The molecule has 1 unspecified atom stereocenters. The number of carbonyl (C=O) groups is 4. The first-order chi connectivity index (χ1) is 22.2. The minimum atomic E-state index is -5.08. The van der Waals surface area contributed by atoms with Gasteiger partial charge in [-0.15, -0.1) is 0 Å². The minimum Gasteiger partial charge on any atom is -0.492 e. The molecule has 2 aromatic carbocycles. The van der Waals surface area contributed by atoms with Crippen molar-refractivity contribution >= 4 is 29.4 Å². The lowest BCUT2D eigenvalue weighted by Gasteiger charge is -2.25. The van der Waals surface area contributed by atoms with Crippen molar-refractivity contribution in [3.8, 4) is 16.9 Å². The van der Waals surface area contributed by atoms with Gasteiger partial charge in [0.25, 0.3) is 5.91 Å². The van der Waals surface area contributed by atoms with Gasteiger partial charge in [0.2, 0.25) is 5.91 Å². The monoisotopic (exact) mass is 693 g/mol. The van der Waals surface area contributed by atoms with Crippen LogP contribution >= 0.6 is 0 Å². The zero-order valence-corrected chi connectivity index (χ0v) is 25.4. The van der Waals surface area contributed by atoms with Gasteiger partial charge in [-0.25, -0.2) is 14.0 Å². The minimum absolute atomic E-state index is 0.184. The van der Waals surface area contributed by atoms with Crippen LogP contribution < -0.4 is 10.1 Å². The van der Waals surface area contributed by atoms with Crippen molar-refractivity contribution in [3.05, 3.63) is 65.7 Å². The van der Waals surface area contributed by atoms with Crippen LogP contribution in [-0.4, -0.2) is 107 Å². The summed E-state index contributed by atoms with van der Waals surface area (Å²) in [5.74, 6) is -6.27. The molecular weight excluding hydrogens is 663 g/mol. The summed E-state index contributed by atoms with van der Waals surface area (Å²) in [4.78, 5) is 47.9. The molecule has 19 heteroatoms. The largest absolute Gasteiger partial charge is 0.492 e. The Bertz CT molecular complexity index is 1560. The number of likely N-dealkylation sites (N-methyl/N-ethyl adjacent to an activating group) is 2. The molecule has 0 bridgehead atoms. The maximum absolute atomic E-state index is 13.6. The third kappa shape index (κ3) is 11.9. The molecule has 4 rings (SSSR count). The van der Waals surface area contributed by atoms with Gasteiger partial charge in [-0.05, 0) is 62.0 Å². The molecule has 1 aromatic heterocycles. The highest BCUT2D eigenvalue weighted by atomic mass is 19.4. The summed E-state index contributed by atoms with van der Waals surface area (Å²) in [6.07, 6.45) is -6.39. The van der Waals surface area contributed by atoms with Gasteiger partial charge < -0.3 is 30.1 Å². The lowest BCUT2D eigenvalue weighted by Crippen LogP contribution is -2.35. The Balaban J connectivity index is 0.000000479. The molecule has 1 atom stereocenters. The summed E-state index contributed by atoms with van der Waals surface area (Å²) in [6, 6.07) is 9.63. The molecule has 12 nitrogen and oxygen atoms in total.